The number of carboxylic acid groups (broad SMARTS) is 1. The normalized spacial score (nSPS) is 12.5. The van der Waals surface area contributed by atoms with Gasteiger partial charge in [0.25, 0.3) is 5.91 Å². The number of carboxylic acids is 1. The largest absolute Gasteiger partial charge is 0.480 e. The van der Waals surface area contributed by atoms with E-state index in [4.69, 9.17) is 5.11 Å². The van der Waals surface area contributed by atoms with Crippen molar-refractivity contribution in [3.8, 4) is 0 Å². The first-order chi connectivity index (χ1) is 8.31. The summed E-state index contributed by atoms with van der Waals surface area (Å²) in [5, 5.41) is 11.6. The molecule has 1 amide bonds. The summed E-state index contributed by atoms with van der Waals surface area (Å²) in [6, 6.07) is 0.801. The lowest BCUT2D eigenvalue weighted by Crippen LogP contribution is -2.42. The first kappa shape index (κ1) is 14.8. The molecule has 0 fully saturated rings. The standard InChI is InChI=1S/C12H17BrN2O3/c1-7(2)4-9(12(17)18)14-11(16)10-5-8(13)6-15(10)3/h5-7,9H,4H2,1-3H3,(H,14,16)(H,17,18). The Hall–Kier alpha value is -1.30. The fourth-order valence-electron chi connectivity index (χ4n) is 1.68. The quantitative estimate of drug-likeness (QED) is 0.873. The average Bonchev–Trinajstić information content (AvgIpc) is 2.56. The van der Waals surface area contributed by atoms with Crippen LogP contribution in [0.4, 0.5) is 0 Å². The molecule has 0 aliphatic carbocycles. The number of aromatic nitrogens is 1. The highest BCUT2D eigenvalue weighted by Gasteiger charge is 2.22. The van der Waals surface area contributed by atoms with Crippen molar-refractivity contribution in [2.45, 2.75) is 26.3 Å². The highest BCUT2D eigenvalue weighted by Crippen LogP contribution is 2.14. The van der Waals surface area contributed by atoms with Crippen LogP contribution in [0.3, 0.4) is 0 Å². The number of aryl methyl sites for hydroxylation is 1. The lowest BCUT2D eigenvalue weighted by molar-refractivity contribution is -0.139. The van der Waals surface area contributed by atoms with Crippen LogP contribution in [0.25, 0.3) is 0 Å². The number of halogens is 1. The number of carbonyl (C=O) groups is 2. The highest BCUT2D eigenvalue weighted by molar-refractivity contribution is 9.10. The Balaban J connectivity index is 2.78. The molecule has 2 N–H and O–H groups in total. The third-order valence-corrected chi connectivity index (χ3v) is 2.95. The number of amides is 1. The number of nitrogens with zero attached hydrogens (tertiary/aromatic N) is 1. The van der Waals surface area contributed by atoms with Gasteiger partial charge in [-0.3, -0.25) is 4.79 Å². The molecule has 18 heavy (non-hydrogen) atoms. The molecule has 1 aromatic heterocycles. The Morgan fingerprint density at radius 2 is 2.11 bits per heavy atom. The molecule has 0 aliphatic heterocycles. The van der Waals surface area contributed by atoms with Crippen LogP contribution >= 0.6 is 15.9 Å². The van der Waals surface area contributed by atoms with E-state index in [0.29, 0.717) is 12.1 Å². The van der Waals surface area contributed by atoms with Crippen molar-refractivity contribution in [3.63, 3.8) is 0 Å². The number of hydrogen-bond donors (Lipinski definition) is 2. The zero-order chi connectivity index (χ0) is 13.9. The molecule has 1 rings (SSSR count). The fourth-order valence-corrected chi connectivity index (χ4v) is 2.20. The minimum atomic E-state index is -1.01. The van der Waals surface area contributed by atoms with E-state index in [9.17, 15) is 9.59 Å². The molecule has 0 spiro atoms. The lowest BCUT2D eigenvalue weighted by atomic mass is 10.0. The molecule has 1 aromatic rings. The van der Waals surface area contributed by atoms with E-state index in [2.05, 4.69) is 21.2 Å². The predicted octanol–water partition coefficient (Wildman–Crippen LogP) is 2.02. The molecule has 0 saturated carbocycles. The molecule has 1 unspecified atom stereocenters. The van der Waals surface area contributed by atoms with Crippen molar-refractivity contribution in [1.29, 1.82) is 0 Å². The molecular weight excluding hydrogens is 300 g/mol. The Morgan fingerprint density at radius 1 is 1.50 bits per heavy atom. The van der Waals surface area contributed by atoms with Gasteiger partial charge < -0.3 is 15.0 Å². The van der Waals surface area contributed by atoms with E-state index >= 15 is 0 Å². The number of aliphatic carboxylic acids is 1. The second-order valence-electron chi connectivity index (χ2n) is 4.65. The number of rotatable bonds is 5. The SMILES string of the molecule is CC(C)CC(NC(=O)c1cc(Br)cn1C)C(=O)O. The van der Waals surface area contributed by atoms with E-state index in [0.717, 1.165) is 4.47 Å². The highest BCUT2D eigenvalue weighted by atomic mass is 79.9. The van der Waals surface area contributed by atoms with Crippen molar-refractivity contribution < 1.29 is 14.7 Å². The molecule has 6 heteroatoms. The molecule has 1 atom stereocenters. The van der Waals surface area contributed by atoms with Gasteiger partial charge in [-0.05, 0) is 34.3 Å². The third-order valence-electron chi connectivity index (χ3n) is 2.51. The van der Waals surface area contributed by atoms with E-state index < -0.39 is 12.0 Å². The predicted molar refractivity (Wildman–Crippen MR) is 71.5 cm³/mol. The monoisotopic (exact) mass is 316 g/mol. The summed E-state index contributed by atoms with van der Waals surface area (Å²) >= 11 is 3.27. The van der Waals surface area contributed by atoms with Gasteiger partial charge in [-0.25, -0.2) is 4.79 Å². The van der Waals surface area contributed by atoms with Crippen molar-refractivity contribution in [2.24, 2.45) is 13.0 Å². The summed E-state index contributed by atoms with van der Waals surface area (Å²) in [7, 11) is 1.73. The van der Waals surface area contributed by atoms with Crippen LogP contribution in [0.15, 0.2) is 16.7 Å². The zero-order valence-electron chi connectivity index (χ0n) is 10.6. The fraction of sp³-hybridized carbons (Fsp3) is 0.500. The van der Waals surface area contributed by atoms with Crippen LogP contribution in [-0.4, -0.2) is 27.6 Å². The van der Waals surface area contributed by atoms with E-state index in [-0.39, 0.29) is 11.8 Å². The van der Waals surface area contributed by atoms with Crippen molar-refractivity contribution >= 4 is 27.8 Å². The van der Waals surface area contributed by atoms with Crippen LogP contribution in [0.5, 0.6) is 0 Å². The van der Waals surface area contributed by atoms with Crippen LogP contribution in [0.2, 0.25) is 0 Å². The smallest absolute Gasteiger partial charge is 0.326 e. The average molecular weight is 317 g/mol. The molecule has 0 radical (unpaired) electrons. The summed E-state index contributed by atoms with van der Waals surface area (Å²) in [5.41, 5.74) is 0.428. The number of nitrogens with one attached hydrogen (secondary N) is 1. The first-order valence-electron chi connectivity index (χ1n) is 5.66. The van der Waals surface area contributed by atoms with Gasteiger partial charge in [0.15, 0.2) is 0 Å². The lowest BCUT2D eigenvalue weighted by Gasteiger charge is -2.16. The van der Waals surface area contributed by atoms with Crippen LogP contribution in [0.1, 0.15) is 30.8 Å². The maximum atomic E-state index is 12.0. The molecule has 100 valence electrons. The summed E-state index contributed by atoms with van der Waals surface area (Å²) < 4.78 is 2.43. The van der Waals surface area contributed by atoms with Gasteiger partial charge in [-0.2, -0.15) is 0 Å². The summed E-state index contributed by atoms with van der Waals surface area (Å²) in [6.07, 6.45) is 2.15. The second-order valence-corrected chi connectivity index (χ2v) is 5.56. The van der Waals surface area contributed by atoms with Gasteiger partial charge >= 0.3 is 5.97 Å². The maximum absolute atomic E-state index is 12.0. The molecule has 0 aliphatic rings. The molecule has 0 bridgehead atoms. The summed E-state index contributed by atoms with van der Waals surface area (Å²) in [6.45, 7) is 3.84. The minimum absolute atomic E-state index is 0.201. The Bertz CT molecular complexity index is 454. The van der Waals surface area contributed by atoms with E-state index in [1.54, 1.807) is 23.9 Å². The minimum Gasteiger partial charge on any atom is -0.480 e. The van der Waals surface area contributed by atoms with Crippen molar-refractivity contribution in [1.82, 2.24) is 9.88 Å². The van der Waals surface area contributed by atoms with Gasteiger partial charge in [-0.1, -0.05) is 13.8 Å². The van der Waals surface area contributed by atoms with Crippen LogP contribution in [-0.2, 0) is 11.8 Å². The molecule has 0 aromatic carbocycles. The van der Waals surface area contributed by atoms with E-state index in [1.807, 2.05) is 13.8 Å². The Morgan fingerprint density at radius 3 is 2.50 bits per heavy atom. The van der Waals surface area contributed by atoms with Gasteiger partial charge in [0.2, 0.25) is 0 Å². The number of hydrogen-bond acceptors (Lipinski definition) is 2. The molecule has 5 nitrogen and oxygen atoms in total. The summed E-state index contributed by atoms with van der Waals surface area (Å²) in [5.74, 6) is -1.19. The van der Waals surface area contributed by atoms with Gasteiger partial charge in [-0.15, -0.1) is 0 Å². The van der Waals surface area contributed by atoms with E-state index in [1.165, 1.54) is 0 Å². The van der Waals surface area contributed by atoms with Crippen molar-refractivity contribution in [3.05, 3.63) is 22.4 Å². The molecule has 0 saturated heterocycles. The third kappa shape index (κ3) is 3.87. The number of carbonyl (C=O) groups excluding carboxylic acids is 1. The van der Waals surface area contributed by atoms with Gasteiger partial charge in [0.1, 0.15) is 11.7 Å². The Labute approximate surface area is 114 Å². The zero-order valence-corrected chi connectivity index (χ0v) is 12.2. The molecule has 1 heterocycles. The topological polar surface area (TPSA) is 71.3 Å². The van der Waals surface area contributed by atoms with Crippen molar-refractivity contribution in [2.75, 3.05) is 0 Å². The Kier molecular flexibility index (Phi) is 4.95. The van der Waals surface area contributed by atoms with Gasteiger partial charge in [0.05, 0.1) is 0 Å². The van der Waals surface area contributed by atoms with Crippen LogP contribution in [0, 0.1) is 5.92 Å². The van der Waals surface area contributed by atoms with Crippen LogP contribution < -0.4 is 5.32 Å². The van der Waals surface area contributed by atoms with Gasteiger partial charge in [0, 0.05) is 17.7 Å². The molecular formula is C12H17BrN2O3. The summed E-state index contributed by atoms with van der Waals surface area (Å²) in [4.78, 5) is 23.0. The first-order valence-corrected chi connectivity index (χ1v) is 6.46. The maximum Gasteiger partial charge on any atom is 0.326 e. The second kappa shape index (κ2) is 6.04.